The van der Waals surface area contributed by atoms with E-state index >= 15 is 0 Å². The minimum Gasteiger partial charge on any atom is -0.545 e. The number of carboxylic acid groups (broad SMARTS) is 1. The van der Waals surface area contributed by atoms with E-state index in [9.17, 15) is 14.7 Å². The number of aromatic nitrogens is 3. The van der Waals surface area contributed by atoms with Crippen molar-refractivity contribution in [2.75, 3.05) is 16.8 Å². The van der Waals surface area contributed by atoms with Crippen molar-refractivity contribution >= 4 is 35.3 Å². The molecule has 3 N–H and O–H groups in total. The van der Waals surface area contributed by atoms with Gasteiger partial charge in [0.15, 0.2) is 0 Å². The van der Waals surface area contributed by atoms with Gasteiger partial charge in [0.05, 0.1) is 11.7 Å². The smallest absolute Gasteiger partial charge is 0.236 e. The van der Waals surface area contributed by atoms with Crippen molar-refractivity contribution in [3.8, 4) is 0 Å². The summed E-state index contributed by atoms with van der Waals surface area (Å²) in [5.41, 5.74) is 5.30. The summed E-state index contributed by atoms with van der Waals surface area (Å²) in [4.78, 5) is 26.4. The predicted octanol–water partition coefficient (Wildman–Crippen LogP) is -0.859. The molecular formula is C10H8N5O4S-. The Labute approximate surface area is 116 Å². The van der Waals surface area contributed by atoms with E-state index in [1.165, 1.54) is 18.3 Å². The van der Waals surface area contributed by atoms with Crippen LogP contribution in [0.3, 0.4) is 0 Å². The van der Waals surface area contributed by atoms with Gasteiger partial charge in [0.2, 0.25) is 17.5 Å². The van der Waals surface area contributed by atoms with Crippen molar-refractivity contribution in [3.63, 3.8) is 0 Å². The summed E-state index contributed by atoms with van der Waals surface area (Å²) >= 11 is 0.948. The highest BCUT2D eigenvalue weighted by Gasteiger charge is 2.12. The topological polar surface area (TPSA) is 147 Å². The summed E-state index contributed by atoms with van der Waals surface area (Å²) in [7, 11) is 0. The summed E-state index contributed by atoms with van der Waals surface area (Å²) in [6.45, 7) is 0. The molecule has 9 nitrogen and oxygen atoms in total. The van der Waals surface area contributed by atoms with Gasteiger partial charge in [-0.15, -0.1) is 0 Å². The average molecular weight is 294 g/mol. The zero-order valence-corrected chi connectivity index (χ0v) is 10.7. The van der Waals surface area contributed by atoms with Gasteiger partial charge in [-0.1, -0.05) is 11.8 Å². The standard InChI is InChI=1S/C10H9N5O4S/c11-7-8(15-19-14-7)13-6(16)4-20-9-5(10(17)18)2-1-3-12-9/h1-3H,4H2,(H2,11,14)(H,17,18)(H,13,15,16)/p-1. The first-order valence-electron chi connectivity index (χ1n) is 5.25. The number of hydrogen-bond donors (Lipinski definition) is 2. The number of nitrogens with zero attached hydrogens (tertiary/aromatic N) is 3. The van der Waals surface area contributed by atoms with Gasteiger partial charge < -0.3 is 21.0 Å². The van der Waals surface area contributed by atoms with Gasteiger partial charge in [-0.25, -0.2) is 9.61 Å². The van der Waals surface area contributed by atoms with Crippen LogP contribution in [0.25, 0.3) is 0 Å². The van der Waals surface area contributed by atoms with Gasteiger partial charge in [-0.2, -0.15) is 0 Å². The molecule has 0 bridgehead atoms. The van der Waals surface area contributed by atoms with Crippen LogP contribution in [0.5, 0.6) is 0 Å². The molecule has 0 radical (unpaired) electrons. The minimum absolute atomic E-state index is 0.0109. The van der Waals surface area contributed by atoms with Crippen LogP contribution in [0, 0.1) is 0 Å². The summed E-state index contributed by atoms with van der Waals surface area (Å²) in [6, 6.07) is 2.82. The van der Waals surface area contributed by atoms with Crippen LogP contribution in [0.1, 0.15) is 10.4 Å². The summed E-state index contributed by atoms with van der Waals surface area (Å²) in [5.74, 6) is -1.92. The Morgan fingerprint density at radius 1 is 1.45 bits per heavy atom. The number of thioether (sulfide) groups is 1. The number of hydrogen-bond acceptors (Lipinski definition) is 9. The van der Waals surface area contributed by atoms with Crippen LogP contribution in [0.15, 0.2) is 28.0 Å². The number of carbonyl (C=O) groups excluding carboxylic acids is 2. The molecule has 0 aliphatic rings. The van der Waals surface area contributed by atoms with E-state index in [0.29, 0.717) is 0 Å². The quantitative estimate of drug-likeness (QED) is 0.672. The maximum absolute atomic E-state index is 11.6. The normalized spacial score (nSPS) is 10.2. The number of nitrogens with one attached hydrogen (secondary N) is 1. The maximum atomic E-state index is 11.6. The Morgan fingerprint density at radius 2 is 2.25 bits per heavy atom. The first-order valence-corrected chi connectivity index (χ1v) is 6.23. The highest BCUT2D eigenvalue weighted by Crippen LogP contribution is 2.20. The molecule has 0 fully saturated rings. The van der Waals surface area contributed by atoms with Gasteiger partial charge in [-0.3, -0.25) is 4.79 Å². The van der Waals surface area contributed by atoms with E-state index in [2.05, 4.69) is 25.2 Å². The van der Waals surface area contributed by atoms with Gasteiger partial charge >= 0.3 is 0 Å². The zero-order chi connectivity index (χ0) is 14.5. The number of nitrogen functional groups attached to an aromatic ring is 1. The van der Waals surface area contributed by atoms with E-state index in [-0.39, 0.29) is 28.0 Å². The van der Waals surface area contributed by atoms with E-state index < -0.39 is 11.9 Å². The van der Waals surface area contributed by atoms with E-state index in [1.807, 2.05) is 0 Å². The monoisotopic (exact) mass is 294 g/mol. The molecule has 10 heteroatoms. The molecule has 104 valence electrons. The van der Waals surface area contributed by atoms with Crippen LogP contribution in [0.2, 0.25) is 0 Å². The van der Waals surface area contributed by atoms with Crippen molar-refractivity contribution in [2.45, 2.75) is 5.03 Å². The van der Waals surface area contributed by atoms with Gasteiger partial charge in [0, 0.05) is 11.8 Å². The lowest BCUT2D eigenvalue weighted by Gasteiger charge is -2.08. The van der Waals surface area contributed by atoms with Gasteiger partial charge in [0.25, 0.3) is 0 Å². The van der Waals surface area contributed by atoms with Crippen LogP contribution >= 0.6 is 11.8 Å². The lowest BCUT2D eigenvalue weighted by Crippen LogP contribution is -2.23. The molecular weight excluding hydrogens is 286 g/mol. The van der Waals surface area contributed by atoms with Crippen molar-refractivity contribution in [1.82, 2.24) is 15.3 Å². The number of carbonyl (C=O) groups is 2. The Hall–Kier alpha value is -2.62. The van der Waals surface area contributed by atoms with Crippen molar-refractivity contribution in [1.29, 1.82) is 0 Å². The molecule has 0 aromatic carbocycles. The molecule has 0 saturated carbocycles. The van der Waals surface area contributed by atoms with E-state index in [4.69, 9.17) is 5.73 Å². The molecule has 2 aromatic heterocycles. The third-order valence-corrected chi connectivity index (χ3v) is 3.11. The average Bonchev–Trinajstić information content (AvgIpc) is 2.82. The first kappa shape index (κ1) is 13.8. The van der Waals surface area contributed by atoms with Crippen LogP contribution < -0.4 is 16.2 Å². The van der Waals surface area contributed by atoms with Crippen LogP contribution in [0.4, 0.5) is 11.6 Å². The van der Waals surface area contributed by atoms with Gasteiger partial charge in [-0.05, 0) is 22.4 Å². The number of nitrogens with two attached hydrogens (primary N) is 1. The Balaban J connectivity index is 1.97. The second-order valence-electron chi connectivity index (χ2n) is 3.48. The van der Waals surface area contributed by atoms with E-state index in [1.54, 1.807) is 0 Å². The molecule has 0 saturated heterocycles. The molecule has 2 aromatic rings. The number of pyridine rings is 1. The first-order chi connectivity index (χ1) is 9.58. The third kappa shape index (κ3) is 3.23. The lowest BCUT2D eigenvalue weighted by molar-refractivity contribution is -0.255. The molecule has 2 rings (SSSR count). The second-order valence-corrected chi connectivity index (χ2v) is 4.44. The van der Waals surface area contributed by atoms with Crippen molar-refractivity contribution in [3.05, 3.63) is 23.9 Å². The number of aromatic carboxylic acids is 1. The summed E-state index contributed by atoms with van der Waals surface area (Å²) in [5, 5.41) is 20.1. The van der Waals surface area contributed by atoms with Crippen LogP contribution in [-0.4, -0.2) is 32.9 Å². The fraction of sp³-hybridized carbons (Fsp3) is 0.100. The summed E-state index contributed by atoms with van der Waals surface area (Å²) in [6.07, 6.45) is 1.42. The second kappa shape index (κ2) is 6.02. The number of carboxylic acids is 1. The highest BCUT2D eigenvalue weighted by atomic mass is 32.2. The van der Waals surface area contributed by atoms with Crippen LogP contribution in [-0.2, 0) is 4.79 Å². The SMILES string of the molecule is Nc1nonc1NC(=O)CSc1ncccc1C(=O)[O-]. The van der Waals surface area contributed by atoms with E-state index in [0.717, 1.165) is 11.8 Å². The lowest BCUT2D eigenvalue weighted by atomic mass is 10.3. The zero-order valence-electron chi connectivity index (χ0n) is 9.90. The number of anilines is 2. The maximum Gasteiger partial charge on any atom is 0.236 e. The predicted molar refractivity (Wildman–Crippen MR) is 66.6 cm³/mol. The number of rotatable bonds is 5. The molecule has 0 atom stereocenters. The van der Waals surface area contributed by atoms with Crippen molar-refractivity contribution < 1.29 is 19.3 Å². The number of amides is 1. The highest BCUT2D eigenvalue weighted by molar-refractivity contribution is 8.00. The van der Waals surface area contributed by atoms with Gasteiger partial charge in [0.1, 0.15) is 5.03 Å². The third-order valence-electron chi connectivity index (χ3n) is 2.10. The summed E-state index contributed by atoms with van der Waals surface area (Å²) < 4.78 is 4.31. The Kier molecular flexibility index (Phi) is 4.15. The largest absolute Gasteiger partial charge is 0.545 e. The fourth-order valence-electron chi connectivity index (χ4n) is 1.25. The molecule has 1 amide bonds. The molecule has 0 unspecified atom stereocenters. The Bertz CT molecular complexity index is 644. The fourth-order valence-corrected chi connectivity index (χ4v) is 2.03. The molecule has 0 aliphatic heterocycles. The minimum atomic E-state index is -1.36. The van der Waals surface area contributed by atoms with Crippen molar-refractivity contribution in [2.24, 2.45) is 0 Å². The molecule has 0 spiro atoms. The molecule has 2 heterocycles. The Morgan fingerprint density at radius 3 is 2.90 bits per heavy atom. The molecule has 0 aliphatic carbocycles. The molecule has 20 heavy (non-hydrogen) atoms.